The Morgan fingerprint density at radius 2 is 0.393 bits per heavy atom. The predicted molar refractivity (Wildman–Crippen MR) is 454 cm³/mol. The molecule has 0 N–H and O–H groups in total. The maximum absolute atomic E-state index is 5.00. The summed E-state index contributed by atoms with van der Waals surface area (Å²) in [5.41, 5.74) is 35.1. The highest BCUT2D eigenvalue weighted by Gasteiger charge is 2.51. The van der Waals surface area contributed by atoms with Crippen LogP contribution in [-0.4, -0.2) is 39.9 Å². The molecular formula is C104H70N8. The molecule has 0 saturated carbocycles. The van der Waals surface area contributed by atoms with Gasteiger partial charge in [0.2, 0.25) is 0 Å². The van der Waals surface area contributed by atoms with Gasteiger partial charge < -0.3 is 0 Å². The summed E-state index contributed by atoms with van der Waals surface area (Å²) in [7, 11) is 0. The quantitative estimate of drug-likeness (QED) is 0.119. The average molecular weight is 1430 g/mol. The summed E-state index contributed by atoms with van der Waals surface area (Å²) in [6, 6.07) is 129. The van der Waals surface area contributed by atoms with Crippen LogP contribution in [0, 0.1) is 0 Å². The minimum Gasteiger partial charge on any atom is -0.264 e. The molecule has 0 saturated heterocycles. The van der Waals surface area contributed by atoms with Crippen molar-refractivity contribution in [3.8, 4) is 168 Å². The maximum atomic E-state index is 5.00. The van der Waals surface area contributed by atoms with Gasteiger partial charge in [-0.25, -0.2) is 29.9 Å². The third kappa shape index (κ3) is 11.9. The van der Waals surface area contributed by atoms with Crippen LogP contribution in [0.2, 0.25) is 0 Å². The van der Waals surface area contributed by atoms with Gasteiger partial charge in [-0.05, 0) is 158 Å². The van der Waals surface area contributed by atoms with E-state index >= 15 is 0 Å². The molecule has 0 fully saturated rings. The van der Waals surface area contributed by atoms with Gasteiger partial charge in [0, 0.05) is 63.6 Å². The molecule has 14 aromatic carbocycles. The molecule has 0 unspecified atom stereocenters. The van der Waals surface area contributed by atoms with E-state index in [2.05, 4.69) is 315 Å². The Bertz CT molecular complexity index is 6510. The number of rotatable bonds is 12. The molecule has 1 spiro atoms. The fourth-order valence-corrected chi connectivity index (χ4v) is 16.9. The molecule has 18 aromatic rings. The van der Waals surface area contributed by atoms with Crippen LogP contribution in [0.15, 0.2) is 389 Å². The molecule has 0 bridgehead atoms. The van der Waals surface area contributed by atoms with Crippen molar-refractivity contribution < 1.29 is 0 Å². The van der Waals surface area contributed by atoms with Crippen molar-refractivity contribution in [2.45, 2.75) is 24.7 Å². The van der Waals surface area contributed by atoms with Crippen LogP contribution in [0.5, 0.6) is 0 Å². The van der Waals surface area contributed by atoms with Crippen molar-refractivity contribution >= 4 is 0 Å². The van der Waals surface area contributed by atoms with Gasteiger partial charge >= 0.3 is 0 Å². The lowest BCUT2D eigenvalue weighted by Gasteiger charge is -2.30. The lowest BCUT2D eigenvalue weighted by Crippen LogP contribution is -2.25. The SMILES string of the molecule is CC1(C)c2ccccc2-c2ccc(-c3ccc(-c4ccc(-c5nc(-c6ccccc6)nc(-c6ccc(-c7cccnc7)cc6)n5)cc4)cc3)cc21.c1ccc(-c2nc(-c3ccc(-c4ccc(-c5ccc6c(c5)C5(c7ccccc7-c7ccccc75)c5ccccc5-6)cc4)cc3)nc(-c3ccc(-c4cccnc4)cc3)n2)cc1. The van der Waals surface area contributed by atoms with E-state index in [9.17, 15) is 0 Å². The summed E-state index contributed by atoms with van der Waals surface area (Å²) >= 11 is 0. The first-order chi connectivity index (χ1) is 55.2. The molecule has 0 aliphatic heterocycles. The van der Waals surface area contributed by atoms with Gasteiger partial charge in [0.1, 0.15) is 0 Å². The summed E-state index contributed by atoms with van der Waals surface area (Å²) in [4.78, 5) is 38.2. The van der Waals surface area contributed by atoms with E-state index in [1.165, 1.54) is 89.0 Å². The highest BCUT2D eigenvalue weighted by Crippen LogP contribution is 2.63. The van der Waals surface area contributed by atoms with Crippen molar-refractivity contribution in [1.82, 2.24) is 39.9 Å². The van der Waals surface area contributed by atoms with Gasteiger partial charge in [-0.15, -0.1) is 0 Å². The third-order valence-corrected chi connectivity index (χ3v) is 22.6. The number of hydrogen-bond acceptors (Lipinski definition) is 8. The zero-order chi connectivity index (χ0) is 74.7. The van der Waals surface area contributed by atoms with Crippen LogP contribution >= 0.6 is 0 Å². The van der Waals surface area contributed by atoms with Gasteiger partial charge in [-0.3, -0.25) is 9.97 Å². The second-order valence-corrected chi connectivity index (χ2v) is 29.4. The first-order valence-corrected chi connectivity index (χ1v) is 38.0. The van der Waals surface area contributed by atoms with Crippen molar-refractivity contribution in [1.29, 1.82) is 0 Å². The minimum absolute atomic E-state index is 0.0182. The normalized spacial score (nSPS) is 12.7. The Hall–Kier alpha value is -14.6. The van der Waals surface area contributed by atoms with E-state index in [-0.39, 0.29) is 10.8 Å². The van der Waals surface area contributed by atoms with Gasteiger partial charge in [-0.2, -0.15) is 0 Å². The third-order valence-electron chi connectivity index (χ3n) is 22.6. The van der Waals surface area contributed by atoms with Crippen molar-refractivity contribution in [2.24, 2.45) is 0 Å². The number of pyridine rings is 2. The van der Waals surface area contributed by atoms with Crippen LogP contribution in [0.1, 0.15) is 47.2 Å². The van der Waals surface area contributed by atoms with Crippen LogP contribution in [0.25, 0.3) is 168 Å². The number of aromatic nitrogens is 8. The summed E-state index contributed by atoms with van der Waals surface area (Å²) in [6.07, 6.45) is 7.32. The molecule has 0 radical (unpaired) electrons. The fraction of sp³-hybridized carbons (Fsp3) is 0.0385. The van der Waals surface area contributed by atoms with E-state index in [0.717, 1.165) is 77.9 Å². The Morgan fingerprint density at radius 3 is 0.714 bits per heavy atom. The zero-order valence-corrected chi connectivity index (χ0v) is 61.5. The van der Waals surface area contributed by atoms with E-state index < -0.39 is 0 Å². The second kappa shape index (κ2) is 27.9. The highest BCUT2D eigenvalue weighted by atomic mass is 15.0. The second-order valence-electron chi connectivity index (χ2n) is 29.4. The Kier molecular flexibility index (Phi) is 16.6. The Morgan fingerprint density at radius 1 is 0.170 bits per heavy atom. The van der Waals surface area contributed by atoms with Crippen molar-refractivity contribution in [3.05, 3.63) is 422 Å². The lowest BCUT2D eigenvalue weighted by molar-refractivity contribution is 0.660. The maximum Gasteiger partial charge on any atom is 0.164 e. The molecule has 3 aliphatic rings. The van der Waals surface area contributed by atoms with Crippen molar-refractivity contribution in [2.75, 3.05) is 0 Å². The molecule has 21 rings (SSSR count). The lowest BCUT2D eigenvalue weighted by atomic mass is 9.70. The van der Waals surface area contributed by atoms with E-state index in [1.54, 1.807) is 12.4 Å². The predicted octanol–water partition coefficient (Wildman–Crippen LogP) is 25.2. The van der Waals surface area contributed by atoms with Crippen LogP contribution in [0.3, 0.4) is 0 Å². The molecule has 4 heterocycles. The summed E-state index contributed by atoms with van der Waals surface area (Å²) < 4.78 is 0. The highest BCUT2D eigenvalue weighted by molar-refractivity contribution is 5.96. The Balaban J connectivity index is 0.000000148. The van der Waals surface area contributed by atoms with E-state index in [4.69, 9.17) is 29.9 Å². The van der Waals surface area contributed by atoms with Gasteiger partial charge in [0.25, 0.3) is 0 Å². The van der Waals surface area contributed by atoms with Crippen LogP contribution in [-0.2, 0) is 10.8 Å². The molecule has 8 heteroatoms. The fourth-order valence-electron chi connectivity index (χ4n) is 16.9. The monoisotopic (exact) mass is 1430 g/mol. The van der Waals surface area contributed by atoms with Crippen LogP contribution < -0.4 is 0 Å². The molecular weight excluding hydrogens is 1360 g/mol. The topological polar surface area (TPSA) is 103 Å². The molecule has 526 valence electrons. The molecule has 8 nitrogen and oxygen atoms in total. The number of fused-ring (bicyclic) bond motifs is 13. The van der Waals surface area contributed by atoms with Gasteiger partial charge in [0.05, 0.1) is 5.41 Å². The van der Waals surface area contributed by atoms with E-state index in [1.807, 2.05) is 85.2 Å². The first kappa shape index (κ1) is 66.8. The molecule has 112 heavy (non-hydrogen) atoms. The van der Waals surface area contributed by atoms with E-state index in [0.29, 0.717) is 34.9 Å². The van der Waals surface area contributed by atoms with Crippen LogP contribution in [0.4, 0.5) is 0 Å². The standard InChI is InChI=1S/C57H36N4.C47H34N4/c1-2-11-41(12-3-1)54-59-55(61-56(60-54)43-30-26-40(27-31-43)45-13-10-34-58-36-45)42-28-24-38(25-29-42)37-20-22-39(23-21-37)44-32-33-49-48-16-6-9-19-52(48)57(53(49)35-44)50-17-7-4-14-46(50)47-15-5-8-18-51(47)57;1-47(2)42-13-7-6-12-40(42)41-27-26-38(29-43(41)47)33-16-14-31(15-17-33)32-18-22-36(23-19-32)45-49-44(35-9-4-3-5-10-35)50-46(51-45)37-24-20-34(21-25-37)39-11-8-28-48-30-39/h1-36H;3-30H,1-2H3. The summed E-state index contributed by atoms with van der Waals surface area (Å²) in [5, 5.41) is 0. The molecule has 0 amide bonds. The summed E-state index contributed by atoms with van der Waals surface area (Å²) in [6.45, 7) is 4.66. The average Bonchev–Trinajstić information content (AvgIpc) is 1.51. The number of benzene rings is 14. The minimum atomic E-state index is -0.358. The number of hydrogen-bond donors (Lipinski definition) is 0. The molecule has 0 atom stereocenters. The first-order valence-electron chi connectivity index (χ1n) is 38.0. The summed E-state index contributed by atoms with van der Waals surface area (Å²) in [5.74, 6) is 3.81. The number of nitrogens with zero attached hydrogens (tertiary/aromatic N) is 8. The largest absolute Gasteiger partial charge is 0.264 e. The smallest absolute Gasteiger partial charge is 0.164 e. The van der Waals surface area contributed by atoms with Gasteiger partial charge in [-0.1, -0.05) is 354 Å². The Labute approximate surface area is 651 Å². The molecule has 3 aliphatic carbocycles. The van der Waals surface area contributed by atoms with Gasteiger partial charge in [0.15, 0.2) is 34.9 Å². The zero-order valence-electron chi connectivity index (χ0n) is 61.5. The van der Waals surface area contributed by atoms with Crippen molar-refractivity contribution in [3.63, 3.8) is 0 Å². The molecule has 4 aromatic heterocycles.